The van der Waals surface area contributed by atoms with E-state index in [1.165, 1.54) is 7.11 Å². The van der Waals surface area contributed by atoms with E-state index < -0.39 is 5.97 Å². The summed E-state index contributed by atoms with van der Waals surface area (Å²) >= 11 is 0. The Morgan fingerprint density at radius 2 is 2.12 bits per heavy atom. The minimum absolute atomic E-state index is 0.203. The van der Waals surface area contributed by atoms with E-state index in [1.807, 2.05) is 0 Å². The predicted octanol–water partition coefficient (Wildman–Crippen LogP) is 2.34. The lowest BCUT2D eigenvalue weighted by Gasteiger charge is -2.41. The first-order valence-corrected chi connectivity index (χ1v) is 6.37. The second-order valence-electron chi connectivity index (χ2n) is 5.89. The van der Waals surface area contributed by atoms with Gasteiger partial charge in [0.1, 0.15) is 0 Å². The van der Waals surface area contributed by atoms with E-state index >= 15 is 0 Å². The highest BCUT2D eigenvalue weighted by atomic mass is 17.2. The normalized spacial score (nSPS) is 44.2. The lowest BCUT2D eigenvalue weighted by Crippen LogP contribution is -2.40. The van der Waals surface area contributed by atoms with Gasteiger partial charge in [0, 0.05) is 5.41 Å². The summed E-state index contributed by atoms with van der Waals surface area (Å²) in [7, 11) is 1.48. The Balaban J connectivity index is 2.15. The third kappa shape index (κ3) is 2.08. The molecule has 2 saturated carbocycles. The molecule has 0 aromatic heterocycles. The summed E-state index contributed by atoms with van der Waals surface area (Å²) in [4.78, 5) is 20.9. The van der Waals surface area contributed by atoms with Gasteiger partial charge in [0.2, 0.25) is 0 Å². The molecule has 2 fully saturated rings. The third-order valence-corrected chi connectivity index (χ3v) is 5.19. The maximum Gasteiger partial charge on any atom is 0.304 e. The summed E-state index contributed by atoms with van der Waals surface area (Å²) in [5.74, 6) is 1.71. The summed E-state index contributed by atoms with van der Waals surface area (Å²) in [6, 6.07) is 0. The first kappa shape index (κ1) is 12.8. The van der Waals surface area contributed by atoms with Crippen LogP contribution in [0.25, 0.3) is 0 Å². The highest BCUT2D eigenvalue weighted by molar-refractivity contribution is 5.68. The van der Waals surface area contributed by atoms with Crippen LogP contribution in [0.5, 0.6) is 0 Å². The molecule has 0 spiro atoms. The molecule has 0 radical (unpaired) electrons. The van der Waals surface area contributed by atoms with E-state index in [9.17, 15) is 4.79 Å². The Morgan fingerprint density at radius 1 is 1.41 bits per heavy atom. The average Bonchev–Trinajstić information content (AvgIpc) is 2.74. The number of aliphatic carboxylic acids is 1. The quantitative estimate of drug-likeness (QED) is 0.594. The van der Waals surface area contributed by atoms with Gasteiger partial charge in [-0.2, -0.15) is 0 Å². The molecule has 0 aromatic carbocycles. The number of carbonyl (C=O) groups is 1. The van der Waals surface area contributed by atoms with Crippen LogP contribution in [0.4, 0.5) is 0 Å². The van der Waals surface area contributed by atoms with Crippen LogP contribution < -0.4 is 0 Å². The SMILES string of the molecule is COOCC1(CC(=O)O)CC2CC1C(C)C2C. The van der Waals surface area contributed by atoms with Gasteiger partial charge in [-0.25, -0.2) is 9.78 Å². The lowest BCUT2D eigenvalue weighted by atomic mass is 9.64. The highest BCUT2D eigenvalue weighted by Crippen LogP contribution is 2.62. The van der Waals surface area contributed by atoms with Crippen LogP contribution >= 0.6 is 0 Å². The molecule has 4 heteroatoms. The Morgan fingerprint density at radius 3 is 2.59 bits per heavy atom. The molecule has 98 valence electrons. The molecule has 2 aliphatic rings. The van der Waals surface area contributed by atoms with E-state index in [0.29, 0.717) is 30.3 Å². The Labute approximate surface area is 102 Å². The average molecular weight is 242 g/mol. The summed E-state index contributed by atoms with van der Waals surface area (Å²) < 4.78 is 0. The summed E-state index contributed by atoms with van der Waals surface area (Å²) in [6.07, 6.45) is 2.33. The van der Waals surface area contributed by atoms with Gasteiger partial charge in [0.15, 0.2) is 0 Å². The van der Waals surface area contributed by atoms with E-state index in [2.05, 4.69) is 18.7 Å². The Hall–Kier alpha value is -0.610. The van der Waals surface area contributed by atoms with Gasteiger partial charge in [0.05, 0.1) is 20.1 Å². The van der Waals surface area contributed by atoms with Crippen LogP contribution in [0.1, 0.15) is 33.1 Å². The van der Waals surface area contributed by atoms with Crippen molar-refractivity contribution in [1.82, 2.24) is 0 Å². The zero-order valence-electron chi connectivity index (χ0n) is 10.8. The fraction of sp³-hybridized carbons (Fsp3) is 0.923. The smallest absolute Gasteiger partial charge is 0.304 e. The maximum atomic E-state index is 11.1. The summed E-state index contributed by atoms with van der Waals surface area (Å²) in [6.45, 7) is 4.95. The highest BCUT2D eigenvalue weighted by Gasteiger charge is 2.58. The molecule has 2 bridgehead atoms. The van der Waals surface area contributed by atoms with Gasteiger partial charge in [-0.3, -0.25) is 4.79 Å². The van der Waals surface area contributed by atoms with Crippen LogP contribution in [-0.4, -0.2) is 24.8 Å². The van der Waals surface area contributed by atoms with Gasteiger partial charge in [-0.1, -0.05) is 13.8 Å². The van der Waals surface area contributed by atoms with Crippen molar-refractivity contribution in [1.29, 1.82) is 0 Å². The molecular weight excluding hydrogens is 220 g/mol. The lowest BCUT2D eigenvalue weighted by molar-refractivity contribution is -0.295. The van der Waals surface area contributed by atoms with Gasteiger partial charge in [-0.15, -0.1) is 0 Å². The number of fused-ring (bicyclic) bond motifs is 2. The van der Waals surface area contributed by atoms with Crippen molar-refractivity contribution >= 4 is 5.97 Å². The molecule has 1 N–H and O–H groups in total. The summed E-state index contributed by atoms with van der Waals surface area (Å²) in [5.41, 5.74) is -0.210. The van der Waals surface area contributed by atoms with Crippen molar-refractivity contribution in [3.8, 4) is 0 Å². The first-order valence-electron chi connectivity index (χ1n) is 6.37. The minimum Gasteiger partial charge on any atom is -0.481 e. The summed E-state index contributed by atoms with van der Waals surface area (Å²) in [5, 5.41) is 9.12. The van der Waals surface area contributed by atoms with Gasteiger partial charge >= 0.3 is 5.97 Å². The molecule has 0 heterocycles. The van der Waals surface area contributed by atoms with Crippen molar-refractivity contribution in [2.45, 2.75) is 33.1 Å². The fourth-order valence-corrected chi connectivity index (χ4v) is 4.20. The molecular formula is C13H22O4. The standard InChI is InChI=1S/C13H22O4/c1-8-9(2)11-4-10(8)5-13(11,6-12(14)15)7-17-16-3/h8-11H,4-7H2,1-3H3,(H,14,15). The van der Waals surface area contributed by atoms with E-state index in [0.717, 1.165) is 12.8 Å². The van der Waals surface area contributed by atoms with Gasteiger partial charge < -0.3 is 5.11 Å². The topological polar surface area (TPSA) is 55.8 Å². The van der Waals surface area contributed by atoms with Crippen LogP contribution in [-0.2, 0) is 14.6 Å². The van der Waals surface area contributed by atoms with Crippen molar-refractivity contribution in [2.75, 3.05) is 13.7 Å². The van der Waals surface area contributed by atoms with Gasteiger partial charge in [-0.05, 0) is 36.5 Å². The maximum absolute atomic E-state index is 11.1. The molecule has 0 aliphatic heterocycles. The number of hydrogen-bond donors (Lipinski definition) is 1. The Bertz CT molecular complexity index is 302. The second-order valence-corrected chi connectivity index (χ2v) is 5.89. The Kier molecular flexibility index (Phi) is 3.46. The van der Waals surface area contributed by atoms with Crippen LogP contribution in [0.2, 0.25) is 0 Å². The number of rotatable bonds is 5. The number of carboxylic acids is 1. The predicted molar refractivity (Wildman–Crippen MR) is 62.2 cm³/mol. The molecule has 5 unspecified atom stereocenters. The zero-order chi connectivity index (χ0) is 12.6. The second kappa shape index (κ2) is 4.58. The zero-order valence-corrected chi connectivity index (χ0v) is 10.8. The van der Waals surface area contributed by atoms with Crippen molar-refractivity contribution in [3.05, 3.63) is 0 Å². The molecule has 2 aliphatic carbocycles. The molecule has 0 saturated heterocycles. The molecule has 0 amide bonds. The molecule has 4 nitrogen and oxygen atoms in total. The third-order valence-electron chi connectivity index (χ3n) is 5.19. The first-order chi connectivity index (χ1) is 8.00. The van der Waals surface area contributed by atoms with Crippen molar-refractivity contribution in [3.63, 3.8) is 0 Å². The number of carboxylic acid groups (broad SMARTS) is 1. The molecule has 5 atom stereocenters. The number of hydrogen-bond acceptors (Lipinski definition) is 3. The van der Waals surface area contributed by atoms with Gasteiger partial charge in [0.25, 0.3) is 0 Å². The van der Waals surface area contributed by atoms with Crippen molar-refractivity contribution < 1.29 is 19.7 Å². The monoisotopic (exact) mass is 242 g/mol. The van der Waals surface area contributed by atoms with Crippen LogP contribution in [0.15, 0.2) is 0 Å². The fourth-order valence-electron chi connectivity index (χ4n) is 4.20. The van der Waals surface area contributed by atoms with E-state index in [4.69, 9.17) is 9.99 Å². The van der Waals surface area contributed by atoms with E-state index in [-0.39, 0.29) is 11.8 Å². The molecule has 2 rings (SSSR count). The molecule has 17 heavy (non-hydrogen) atoms. The van der Waals surface area contributed by atoms with E-state index in [1.54, 1.807) is 0 Å². The molecule has 0 aromatic rings. The van der Waals surface area contributed by atoms with Crippen LogP contribution in [0, 0.1) is 29.1 Å². The van der Waals surface area contributed by atoms with Crippen LogP contribution in [0.3, 0.4) is 0 Å². The van der Waals surface area contributed by atoms with Crippen molar-refractivity contribution in [2.24, 2.45) is 29.1 Å². The largest absolute Gasteiger partial charge is 0.481 e. The minimum atomic E-state index is -0.725.